The summed E-state index contributed by atoms with van der Waals surface area (Å²) >= 11 is 0. The van der Waals surface area contributed by atoms with Crippen LogP contribution in [0.1, 0.15) is 31.2 Å². The van der Waals surface area contributed by atoms with Crippen LogP contribution in [0.15, 0.2) is 24.3 Å². The molecule has 21 heavy (non-hydrogen) atoms. The van der Waals surface area contributed by atoms with E-state index in [9.17, 15) is 9.59 Å². The lowest BCUT2D eigenvalue weighted by atomic mass is 9.94. The Bertz CT molecular complexity index is 516. The van der Waals surface area contributed by atoms with E-state index in [1.54, 1.807) is 0 Å². The monoisotopic (exact) mass is 290 g/mol. The summed E-state index contributed by atoms with van der Waals surface area (Å²) in [6, 6.07) is 7.56. The number of benzene rings is 1. The number of likely N-dealkylation sites (tertiary alicyclic amines) is 1. The maximum Gasteiger partial charge on any atom is 0.303 e. The molecule has 0 bridgehead atoms. The van der Waals surface area contributed by atoms with E-state index in [0.29, 0.717) is 25.1 Å². The van der Waals surface area contributed by atoms with E-state index in [1.807, 2.05) is 29.2 Å². The number of nitrogens with zero attached hydrogens (tertiary/aromatic N) is 1. The van der Waals surface area contributed by atoms with Crippen LogP contribution in [0.5, 0.6) is 0 Å². The van der Waals surface area contributed by atoms with E-state index in [-0.39, 0.29) is 18.2 Å². The number of aryl methyl sites for hydroxylation is 1. The third kappa shape index (κ3) is 4.77. The molecule has 1 aromatic rings. The minimum atomic E-state index is -0.783. The zero-order valence-electron chi connectivity index (χ0n) is 12.1. The summed E-state index contributed by atoms with van der Waals surface area (Å²) in [5, 5.41) is 8.85. The highest BCUT2D eigenvalue weighted by atomic mass is 16.4. The number of piperidine rings is 1. The molecule has 3 N–H and O–H groups in total. The number of nitrogens with two attached hydrogens (primary N) is 1. The molecule has 1 unspecified atom stereocenters. The summed E-state index contributed by atoms with van der Waals surface area (Å²) in [6.07, 6.45) is 3.06. The molecule has 0 aromatic heterocycles. The largest absolute Gasteiger partial charge is 0.481 e. The van der Waals surface area contributed by atoms with Gasteiger partial charge in [0.25, 0.3) is 0 Å². The van der Waals surface area contributed by atoms with Gasteiger partial charge in [-0.2, -0.15) is 0 Å². The van der Waals surface area contributed by atoms with Gasteiger partial charge in [0.05, 0.1) is 0 Å². The molecule has 2 rings (SSSR count). The molecule has 114 valence electrons. The van der Waals surface area contributed by atoms with Gasteiger partial charge in [-0.05, 0) is 42.9 Å². The fourth-order valence-electron chi connectivity index (χ4n) is 2.86. The first-order valence-corrected chi connectivity index (χ1v) is 7.38. The molecule has 1 atom stereocenters. The van der Waals surface area contributed by atoms with Crippen molar-refractivity contribution in [2.75, 3.05) is 18.8 Å². The predicted molar refractivity (Wildman–Crippen MR) is 80.7 cm³/mol. The number of anilines is 1. The van der Waals surface area contributed by atoms with Gasteiger partial charge in [-0.25, -0.2) is 0 Å². The highest BCUT2D eigenvalue weighted by molar-refractivity contribution is 5.76. The van der Waals surface area contributed by atoms with Crippen LogP contribution in [-0.4, -0.2) is 35.0 Å². The van der Waals surface area contributed by atoms with E-state index in [2.05, 4.69) is 0 Å². The van der Waals surface area contributed by atoms with Gasteiger partial charge in [0, 0.05) is 31.6 Å². The predicted octanol–water partition coefficient (Wildman–Crippen LogP) is 1.91. The lowest BCUT2D eigenvalue weighted by Gasteiger charge is -2.32. The Balaban J connectivity index is 1.83. The smallest absolute Gasteiger partial charge is 0.303 e. The van der Waals surface area contributed by atoms with Gasteiger partial charge in [0.1, 0.15) is 0 Å². The van der Waals surface area contributed by atoms with Crippen LogP contribution in [0.3, 0.4) is 0 Å². The van der Waals surface area contributed by atoms with Gasteiger partial charge >= 0.3 is 5.97 Å². The van der Waals surface area contributed by atoms with Crippen LogP contribution in [0.4, 0.5) is 5.69 Å². The zero-order valence-corrected chi connectivity index (χ0v) is 12.1. The molecule has 0 spiro atoms. The standard InChI is InChI=1S/C16H22N2O3/c17-14-5-1-3-12(9-14)6-7-15(19)18-8-2-4-13(11-18)10-16(20)21/h1,3,5,9,13H,2,4,6-8,10-11,17H2,(H,20,21). The van der Waals surface area contributed by atoms with Crippen molar-refractivity contribution in [2.45, 2.75) is 32.1 Å². The quantitative estimate of drug-likeness (QED) is 0.811. The highest BCUT2D eigenvalue weighted by Gasteiger charge is 2.24. The zero-order chi connectivity index (χ0) is 15.2. The molecule has 0 radical (unpaired) electrons. The van der Waals surface area contributed by atoms with Crippen LogP contribution in [0.25, 0.3) is 0 Å². The molecule has 1 aliphatic heterocycles. The summed E-state index contributed by atoms with van der Waals surface area (Å²) in [5.74, 6) is -0.589. The normalized spacial score (nSPS) is 18.5. The second kappa shape index (κ2) is 7.11. The number of nitrogen functional groups attached to an aromatic ring is 1. The minimum absolute atomic E-state index is 0.0903. The average molecular weight is 290 g/mol. The summed E-state index contributed by atoms with van der Waals surface area (Å²) < 4.78 is 0. The van der Waals surface area contributed by atoms with Gasteiger partial charge in [-0.15, -0.1) is 0 Å². The summed E-state index contributed by atoms with van der Waals surface area (Å²) in [5.41, 5.74) is 7.49. The molecule has 0 aliphatic carbocycles. The first-order valence-electron chi connectivity index (χ1n) is 7.38. The second-order valence-electron chi connectivity index (χ2n) is 5.69. The highest BCUT2D eigenvalue weighted by Crippen LogP contribution is 2.20. The van der Waals surface area contributed by atoms with Crippen LogP contribution < -0.4 is 5.73 Å². The van der Waals surface area contributed by atoms with Crippen molar-refractivity contribution in [2.24, 2.45) is 5.92 Å². The van der Waals surface area contributed by atoms with Crippen LogP contribution in [0.2, 0.25) is 0 Å². The molecule has 1 heterocycles. The van der Waals surface area contributed by atoms with Gasteiger partial charge < -0.3 is 15.7 Å². The van der Waals surface area contributed by atoms with Crippen LogP contribution >= 0.6 is 0 Å². The SMILES string of the molecule is Nc1cccc(CCC(=O)N2CCCC(CC(=O)O)C2)c1. The average Bonchev–Trinajstić information content (AvgIpc) is 2.44. The van der Waals surface area contributed by atoms with Crippen molar-refractivity contribution >= 4 is 17.6 Å². The molecule has 1 saturated heterocycles. The number of carboxylic acids is 1. The van der Waals surface area contributed by atoms with Crippen molar-refractivity contribution in [1.29, 1.82) is 0 Å². The molecule has 1 aromatic carbocycles. The number of carbonyl (C=O) groups is 2. The van der Waals surface area contributed by atoms with E-state index in [4.69, 9.17) is 10.8 Å². The third-order valence-electron chi connectivity index (χ3n) is 3.91. The Kier molecular flexibility index (Phi) is 5.20. The molecule has 1 aliphatic rings. The van der Waals surface area contributed by atoms with Gasteiger partial charge in [0.15, 0.2) is 0 Å². The molecule has 0 saturated carbocycles. The van der Waals surface area contributed by atoms with Gasteiger partial charge in [-0.1, -0.05) is 12.1 Å². The van der Waals surface area contributed by atoms with Crippen LogP contribution in [0, 0.1) is 5.92 Å². The molecular weight excluding hydrogens is 268 g/mol. The number of hydrogen-bond donors (Lipinski definition) is 2. The number of aliphatic carboxylic acids is 1. The summed E-state index contributed by atoms with van der Waals surface area (Å²) in [4.78, 5) is 24.8. The van der Waals surface area contributed by atoms with Crippen molar-refractivity contribution < 1.29 is 14.7 Å². The third-order valence-corrected chi connectivity index (χ3v) is 3.91. The maximum absolute atomic E-state index is 12.2. The molecule has 1 amide bonds. The van der Waals surface area contributed by atoms with E-state index in [0.717, 1.165) is 24.9 Å². The van der Waals surface area contributed by atoms with E-state index >= 15 is 0 Å². The Hall–Kier alpha value is -2.04. The minimum Gasteiger partial charge on any atom is -0.481 e. The summed E-state index contributed by atoms with van der Waals surface area (Å²) in [7, 11) is 0. The number of amides is 1. The van der Waals surface area contributed by atoms with Crippen molar-refractivity contribution in [1.82, 2.24) is 4.90 Å². The Morgan fingerprint density at radius 3 is 2.90 bits per heavy atom. The molecule has 5 heteroatoms. The number of carboxylic acid groups (broad SMARTS) is 1. The van der Waals surface area contributed by atoms with Crippen molar-refractivity contribution in [3.8, 4) is 0 Å². The maximum atomic E-state index is 12.2. The Labute approximate surface area is 124 Å². The number of hydrogen-bond acceptors (Lipinski definition) is 3. The van der Waals surface area contributed by atoms with Crippen molar-refractivity contribution in [3.63, 3.8) is 0 Å². The first-order chi connectivity index (χ1) is 10.0. The fourth-order valence-corrected chi connectivity index (χ4v) is 2.86. The fraction of sp³-hybridized carbons (Fsp3) is 0.500. The lowest BCUT2D eigenvalue weighted by molar-refractivity contribution is -0.140. The van der Waals surface area contributed by atoms with Crippen LogP contribution in [-0.2, 0) is 16.0 Å². The molecule has 5 nitrogen and oxygen atoms in total. The molecule has 1 fully saturated rings. The number of carbonyl (C=O) groups excluding carboxylic acids is 1. The van der Waals surface area contributed by atoms with Crippen molar-refractivity contribution in [3.05, 3.63) is 29.8 Å². The summed E-state index contributed by atoms with van der Waals surface area (Å²) in [6.45, 7) is 1.31. The first kappa shape index (κ1) is 15.4. The topological polar surface area (TPSA) is 83.6 Å². The Morgan fingerprint density at radius 1 is 1.38 bits per heavy atom. The number of rotatable bonds is 5. The second-order valence-corrected chi connectivity index (χ2v) is 5.69. The lowest BCUT2D eigenvalue weighted by Crippen LogP contribution is -2.40. The molecular formula is C16H22N2O3. The van der Waals surface area contributed by atoms with Gasteiger partial charge in [0.2, 0.25) is 5.91 Å². The van der Waals surface area contributed by atoms with E-state index in [1.165, 1.54) is 0 Å². The van der Waals surface area contributed by atoms with Gasteiger partial charge in [-0.3, -0.25) is 9.59 Å². The van der Waals surface area contributed by atoms with E-state index < -0.39 is 5.97 Å². The Morgan fingerprint density at radius 2 is 2.19 bits per heavy atom.